The lowest BCUT2D eigenvalue weighted by atomic mass is 10.0. The Hall–Kier alpha value is -2.54. The molecule has 1 fully saturated rings. The summed E-state index contributed by atoms with van der Waals surface area (Å²) in [6.07, 6.45) is 3.14. The SMILES string of the molecule is CC1CCCN(C)C1.Cc1nc(N)c(Cc2ccc(F)cc2)nc1C(=O)O. The zero-order chi connectivity index (χ0) is 20.0. The molecule has 0 amide bonds. The fourth-order valence-corrected chi connectivity index (χ4v) is 3.12. The van der Waals surface area contributed by atoms with Gasteiger partial charge in [0.15, 0.2) is 5.69 Å². The highest BCUT2D eigenvalue weighted by molar-refractivity contribution is 5.86. The Morgan fingerprint density at radius 3 is 2.52 bits per heavy atom. The van der Waals surface area contributed by atoms with Crippen LogP contribution < -0.4 is 5.73 Å². The van der Waals surface area contributed by atoms with Crippen LogP contribution in [0.3, 0.4) is 0 Å². The van der Waals surface area contributed by atoms with E-state index in [1.807, 2.05) is 0 Å². The summed E-state index contributed by atoms with van der Waals surface area (Å²) in [7, 11) is 2.20. The molecule has 1 unspecified atom stereocenters. The Bertz CT molecular complexity index is 772. The number of benzene rings is 1. The summed E-state index contributed by atoms with van der Waals surface area (Å²) in [6.45, 7) is 6.48. The quantitative estimate of drug-likeness (QED) is 0.857. The number of carboxylic acids is 1. The number of rotatable bonds is 3. The topological polar surface area (TPSA) is 92.3 Å². The average molecular weight is 374 g/mol. The van der Waals surface area contributed by atoms with Crippen molar-refractivity contribution in [3.05, 3.63) is 52.7 Å². The number of carbonyl (C=O) groups is 1. The molecule has 0 saturated carbocycles. The summed E-state index contributed by atoms with van der Waals surface area (Å²) in [5, 5.41) is 8.99. The highest BCUT2D eigenvalue weighted by atomic mass is 19.1. The number of aryl methyl sites for hydroxylation is 1. The third-order valence-electron chi connectivity index (χ3n) is 4.52. The number of halogens is 1. The number of carboxylic acid groups (broad SMARTS) is 1. The van der Waals surface area contributed by atoms with Gasteiger partial charge in [0, 0.05) is 13.0 Å². The molecule has 27 heavy (non-hydrogen) atoms. The number of hydrogen-bond acceptors (Lipinski definition) is 5. The summed E-state index contributed by atoms with van der Waals surface area (Å²) in [5.74, 6) is -0.358. The third kappa shape index (κ3) is 6.29. The molecule has 2 aromatic rings. The van der Waals surface area contributed by atoms with Gasteiger partial charge in [-0.3, -0.25) is 0 Å². The first-order valence-corrected chi connectivity index (χ1v) is 9.05. The predicted octanol–water partition coefficient (Wildman–Crippen LogP) is 3.14. The fraction of sp³-hybridized carbons (Fsp3) is 0.450. The van der Waals surface area contributed by atoms with Gasteiger partial charge in [-0.05, 0) is 57.0 Å². The van der Waals surface area contributed by atoms with Gasteiger partial charge in [-0.25, -0.2) is 19.2 Å². The number of nitrogens with two attached hydrogens (primary N) is 1. The first-order chi connectivity index (χ1) is 12.8. The molecular weight excluding hydrogens is 347 g/mol. The number of aromatic carboxylic acids is 1. The van der Waals surface area contributed by atoms with E-state index in [-0.39, 0.29) is 23.0 Å². The maximum absolute atomic E-state index is 12.8. The largest absolute Gasteiger partial charge is 0.476 e. The maximum Gasteiger partial charge on any atom is 0.356 e. The summed E-state index contributed by atoms with van der Waals surface area (Å²) in [6, 6.07) is 5.84. The number of nitrogens with zero attached hydrogens (tertiary/aromatic N) is 3. The number of piperidine rings is 1. The smallest absolute Gasteiger partial charge is 0.356 e. The van der Waals surface area contributed by atoms with E-state index < -0.39 is 5.97 Å². The zero-order valence-corrected chi connectivity index (χ0v) is 16.1. The maximum atomic E-state index is 12.8. The molecule has 2 heterocycles. The van der Waals surface area contributed by atoms with E-state index in [0.717, 1.165) is 11.5 Å². The molecular formula is C20H27FN4O2. The van der Waals surface area contributed by atoms with Crippen LogP contribution in [0.15, 0.2) is 24.3 Å². The molecule has 6 nitrogen and oxygen atoms in total. The van der Waals surface area contributed by atoms with Crippen molar-refractivity contribution in [2.45, 2.75) is 33.1 Å². The molecule has 1 aliphatic heterocycles. The van der Waals surface area contributed by atoms with Gasteiger partial charge in [0.25, 0.3) is 0 Å². The molecule has 3 rings (SSSR count). The normalized spacial score (nSPS) is 17.1. The number of nitrogen functional groups attached to an aromatic ring is 1. The Kier molecular flexibility index (Phi) is 7.24. The van der Waals surface area contributed by atoms with Crippen molar-refractivity contribution >= 4 is 11.8 Å². The minimum Gasteiger partial charge on any atom is -0.476 e. The van der Waals surface area contributed by atoms with Gasteiger partial charge in [-0.1, -0.05) is 19.1 Å². The highest BCUT2D eigenvalue weighted by Gasteiger charge is 2.15. The van der Waals surface area contributed by atoms with Crippen LogP contribution in [0.25, 0.3) is 0 Å². The second kappa shape index (κ2) is 9.41. The lowest BCUT2D eigenvalue weighted by Crippen LogP contribution is -2.30. The first-order valence-electron chi connectivity index (χ1n) is 9.05. The Labute approximate surface area is 159 Å². The predicted molar refractivity (Wildman–Crippen MR) is 103 cm³/mol. The van der Waals surface area contributed by atoms with Crippen molar-refractivity contribution in [1.82, 2.24) is 14.9 Å². The van der Waals surface area contributed by atoms with Gasteiger partial charge in [0.05, 0.1) is 11.4 Å². The van der Waals surface area contributed by atoms with Crippen LogP contribution in [0.5, 0.6) is 0 Å². The first kappa shape index (κ1) is 20.8. The molecule has 1 saturated heterocycles. The molecule has 0 bridgehead atoms. The molecule has 0 spiro atoms. The Morgan fingerprint density at radius 1 is 1.33 bits per heavy atom. The van der Waals surface area contributed by atoms with E-state index >= 15 is 0 Å². The molecule has 1 aliphatic rings. The lowest BCUT2D eigenvalue weighted by Gasteiger charge is -2.26. The molecule has 0 aliphatic carbocycles. The Morgan fingerprint density at radius 2 is 2.00 bits per heavy atom. The van der Waals surface area contributed by atoms with Gasteiger partial charge in [-0.15, -0.1) is 0 Å². The van der Waals surface area contributed by atoms with Crippen LogP contribution in [-0.2, 0) is 6.42 Å². The lowest BCUT2D eigenvalue weighted by molar-refractivity contribution is 0.0688. The number of hydrogen-bond donors (Lipinski definition) is 2. The van der Waals surface area contributed by atoms with Crippen molar-refractivity contribution in [2.24, 2.45) is 5.92 Å². The van der Waals surface area contributed by atoms with E-state index in [9.17, 15) is 9.18 Å². The number of anilines is 1. The summed E-state index contributed by atoms with van der Waals surface area (Å²) < 4.78 is 12.8. The second-order valence-electron chi connectivity index (χ2n) is 7.11. The van der Waals surface area contributed by atoms with Crippen LogP contribution >= 0.6 is 0 Å². The summed E-state index contributed by atoms with van der Waals surface area (Å²) >= 11 is 0. The van der Waals surface area contributed by atoms with Crippen molar-refractivity contribution in [3.63, 3.8) is 0 Å². The van der Waals surface area contributed by atoms with Crippen molar-refractivity contribution < 1.29 is 14.3 Å². The van der Waals surface area contributed by atoms with Crippen LogP contribution in [0.1, 0.15) is 47.2 Å². The van der Waals surface area contributed by atoms with Gasteiger partial charge >= 0.3 is 5.97 Å². The molecule has 1 aromatic heterocycles. The highest BCUT2D eigenvalue weighted by Crippen LogP contribution is 2.16. The molecule has 7 heteroatoms. The van der Waals surface area contributed by atoms with Crippen molar-refractivity contribution in [1.29, 1.82) is 0 Å². The number of aromatic nitrogens is 2. The van der Waals surface area contributed by atoms with E-state index in [0.29, 0.717) is 12.1 Å². The van der Waals surface area contributed by atoms with Gasteiger partial charge in [-0.2, -0.15) is 0 Å². The minimum absolute atomic E-state index is 0.119. The number of likely N-dealkylation sites (tertiary alicyclic amines) is 1. The molecule has 1 aromatic carbocycles. The van der Waals surface area contributed by atoms with Gasteiger partial charge < -0.3 is 15.7 Å². The Balaban J connectivity index is 0.000000273. The van der Waals surface area contributed by atoms with Crippen LogP contribution in [0, 0.1) is 18.7 Å². The monoisotopic (exact) mass is 374 g/mol. The fourth-order valence-electron chi connectivity index (χ4n) is 3.12. The average Bonchev–Trinajstić information content (AvgIpc) is 2.59. The van der Waals surface area contributed by atoms with E-state index in [4.69, 9.17) is 10.8 Å². The molecule has 1 atom stereocenters. The third-order valence-corrected chi connectivity index (χ3v) is 4.52. The second-order valence-corrected chi connectivity index (χ2v) is 7.11. The molecule has 146 valence electrons. The van der Waals surface area contributed by atoms with E-state index in [1.165, 1.54) is 45.0 Å². The van der Waals surface area contributed by atoms with Crippen molar-refractivity contribution in [2.75, 3.05) is 25.9 Å². The van der Waals surface area contributed by atoms with E-state index in [2.05, 4.69) is 28.8 Å². The van der Waals surface area contributed by atoms with E-state index in [1.54, 1.807) is 12.1 Å². The van der Waals surface area contributed by atoms with Gasteiger partial charge in [0.2, 0.25) is 0 Å². The summed E-state index contributed by atoms with van der Waals surface area (Å²) in [5.41, 5.74) is 7.03. The molecule has 0 radical (unpaired) electrons. The standard InChI is InChI=1S/C13H12FN3O2.C7H15N/c1-7-11(13(18)19)17-10(12(15)16-7)6-8-2-4-9(14)5-3-8;1-7-4-3-5-8(2)6-7/h2-5H,6H2,1H3,(H2,15,16)(H,18,19);7H,3-6H2,1-2H3. The van der Waals surface area contributed by atoms with Crippen LogP contribution in [0.2, 0.25) is 0 Å². The van der Waals surface area contributed by atoms with Crippen LogP contribution in [0.4, 0.5) is 10.2 Å². The molecule has 3 N–H and O–H groups in total. The van der Waals surface area contributed by atoms with Gasteiger partial charge in [0.1, 0.15) is 11.6 Å². The zero-order valence-electron chi connectivity index (χ0n) is 16.1. The van der Waals surface area contributed by atoms with Crippen molar-refractivity contribution in [3.8, 4) is 0 Å². The van der Waals surface area contributed by atoms with Crippen LogP contribution in [-0.4, -0.2) is 46.1 Å². The minimum atomic E-state index is -1.15. The summed E-state index contributed by atoms with van der Waals surface area (Å²) in [4.78, 5) is 21.4.